The van der Waals surface area contributed by atoms with Crippen LogP contribution in [0.2, 0.25) is 0 Å². The van der Waals surface area contributed by atoms with E-state index >= 15 is 0 Å². The van der Waals surface area contributed by atoms with E-state index in [1.165, 1.54) is 0 Å². The lowest BCUT2D eigenvalue weighted by Crippen LogP contribution is -2.55. The summed E-state index contributed by atoms with van der Waals surface area (Å²) >= 11 is 0. The summed E-state index contributed by atoms with van der Waals surface area (Å²) in [4.78, 5) is 35.6. The van der Waals surface area contributed by atoms with Gasteiger partial charge in [0.2, 0.25) is 0 Å². The van der Waals surface area contributed by atoms with Gasteiger partial charge in [-0.1, -0.05) is 0 Å². The average molecular weight is 425 g/mol. The molecule has 3 amide bonds. The lowest BCUT2D eigenvalue weighted by molar-refractivity contribution is 0.0578. The Bertz CT molecular complexity index is 988. The lowest BCUT2D eigenvalue weighted by atomic mass is 9.72. The van der Waals surface area contributed by atoms with Crippen molar-refractivity contribution < 1.29 is 9.59 Å². The molecule has 0 aliphatic carbocycles. The van der Waals surface area contributed by atoms with E-state index in [4.69, 9.17) is 5.10 Å². The molecular weight excluding hydrogens is 392 g/mol. The van der Waals surface area contributed by atoms with E-state index in [0.717, 1.165) is 29.7 Å². The summed E-state index contributed by atoms with van der Waals surface area (Å²) in [7, 11) is 3.57. The van der Waals surface area contributed by atoms with E-state index in [1.807, 2.05) is 33.5 Å². The van der Waals surface area contributed by atoms with Gasteiger partial charge in [-0.15, -0.1) is 0 Å². The third-order valence-corrected chi connectivity index (χ3v) is 6.49. The summed E-state index contributed by atoms with van der Waals surface area (Å²) in [6, 6.07) is 4.04. The van der Waals surface area contributed by atoms with Crippen LogP contribution in [0.25, 0.3) is 0 Å². The fourth-order valence-corrected chi connectivity index (χ4v) is 4.72. The van der Waals surface area contributed by atoms with Gasteiger partial charge >= 0.3 is 6.03 Å². The fraction of sp³-hybridized carbons (Fsp3) is 0.565. The number of hydrogen-bond acceptors (Lipinski definition) is 4. The van der Waals surface area contributed by atoms with Crippen molar-refractivity contribution in [1.82, 2.24) is 29.5 Å². The Balaban J connectivity index is 1.66. The molecule has 2 aromatic heterocycles. The molecule has 1 saturated heterocycles. The molecule has 2 aromatic rings. The normalized spacial score (nSPS) is 17.7. The summed E-state index contributed by atoms with van der Waals surface area (Å²) in [5, 5.41) is 4.96. The van der Waals surface area contributed by atoms with Gasteiger partial charge in [0.25, 0.3) is 5.91 Å². The zero-order valence-electron chi connectivity index (χ0n) is 19.1. The van der Waals surface area contributed by atoms with Gasteiger partial charge in [0.1, 0.15) is 5.69 Å². The minimum atomic E-state index is -0.240. The molecule has 4 rings (SSSR count). The maximum Gasteiger partial charge on any atom is 0.319 e. The molecule has 2 aliphatic rings. The highest BCUT2D eigenvalue weighted by molar-refractivity contribution is 5.92. The molecule has 0 unspecified atom stereocenters. The first-order valence-electron chi connectivity index (χ1n) is 11.0. The monoisotopic (exact) mass is 424 g/mol. The first kappa shape index (κ1) is 21.3. The predicted octanol–water partition coefficient (Wildman–Crippen LogP) is 2.84. The van der Waals surface area contributed by atoms with Crippen molar-refractivity contribution in [2.45, 2.75) is 51.6 Å². The van der Waals surface area contributed by atoms with Gasteiger partial charge in [0.15, 0.2) is 0 Å². The van der Waals surface area contributed by atoms with Crippen molar-refractivity contribution in [3.05, 3.63) is 47.0 Å². The highest BCUT2D eigenvalue weighted by Gasteiger charge is 2.46. The molecule has 2 aliphatic heterocycles. The molecule has 8 heteroatoms. The summed E-state index contributed by atoms with van der Waals surface area (Å²) in [6.07, 6.45) is 5.36. The number of pyridine rings is 1. The van der Waals surface area contributed by atoms with E-state index in [2.05, 4.69) is 25.0 Å². The molecule has 1 fully saturated rings. The molecule has 8 nitrogen and oxygen atoms in total. The number of likely N-dealkylation sites (tertiary alicyclic amines) is 1. The van der Waals surface area contributed by atoms with Crippen molar-refractivity contribution in [1.29, 1.82) is 0 Å². The molecule has 4 heterocycles. The van der Waals surface area contributed by atoms with E-state index in [-0.39, 0.29) is 23.4 Å². The largest absolute Gasteiger partial charge is 0.332 e. The number of nitrogens with zero attached hydrogens (tertiary/aromatic N) is 6. The number of rotatable bonds is 2. The lowest BCUT2D eigenvalue weighted by Gasteiger charge is -2.46. The van der Waals surface area contributed by atoms with Crippen LogP contribution in [0.5, 0.6) is 0 Å². The van der Waals surface area contributed by atoms with E-state index < -0.39 is 0 Å². The Hall–Kier alpha value is -2.90. The van der Waals surface area contributed by atoms with E-state index in [9.17, 15) is 9.59 Å². The molecule has 0 radical (unpaired) electrons. The third kappa shape index (κ3) is 3.91. The third-order valence-electron chi connectivity index (χ3n) is 6.49. The molecular formula is C23H32N6O2. The van der Waals surface area contributed by atoms with Crippen molar-refractivity contribution in [3.63, 3.8) is 0 Å². The van der Waals surface area contributed by atoms with Gasteiger partial charge in [0, 0.05) is 69.7 Å². The van der Waals surface area contributed by atoms with Gasteiger partial charge in [-0.05, 0) is 51.3 Å². The Morgan fingerprint density at radius 3 is 2.48 bits per heavy atom. The second kappa shape index (κ2) is 7.98. The van der Waals surface area contributed by atoms with Crippen LogP contribution in [0.15, 0.2) is 24.5 Å². The maximum absolute atomic E-state index is 13.4. The topological polar surface area (TPSA) is 74.6 Å². The van der Waals surface area contributed by atoms with Crippen LogP contribution in [0.1, 0.15) is 60.0 Å². The van der Waals surface area contributed by atoms with Gasteiger partial charge in [-0.25, -0.2) is 4.79 Å². The number of aromatic nitrogens is 3. The standard InChI is InChI=1S/C23H32N6O2/c1-16(2)29-14-18-13-28(21(30)19-12-17(3)6-9-24-19)15-23(20(18)25-29)7-10-27(11-8-23)22(31)26(4)5/h6,9,12,14,16H,7-8,10-11,13,15H2,1-5H3. The van der Waals surface area contributed by atoms with Gasteiger partial charge in [-0.3, -0.25) is 14.5 Å². The van der Waals surface area contributed by atoms with Crippen molar-refractivity contribution in [2.75, 3.05) is 33.7 Å². The minimum absolute atomic E-state index is 0.0375. The SMILES string of the molecule is Cc1ccnc(C(=O)N2Cc3cn(C(C)C)nc3C3(CCN(C(=O)N(C)C)CC3)C2)c1. The second-order valence-electron chi connectivity index (χ2n) is 9.40. The predicted molar refractivity (Wildman–Crippen MR) is 118 cm³/mol. The van der Waals surface area contributed by atoms with Gasteiger partial charge < -0.3 is 14.7 Å². The number of carbonyl (C=O) groups is 2. The van der Waals surface area contributed by atoms with Crippen molar-refractivity contribution in [3.8, 4) is 0 Å². The summed E-state index contributed by atoms with van der Waals surface area (Å²) in [6.45, 7) is 8.67. The number of hydrogen-bond donors (Lipinski definition) is 0. The highest BCUT2D eigenvalue weighted by atomic mass is 16.2. The van der Waals surface area contributed by atoms with Crippen LogP contribution < -0.4 is 0 Å². The summed E-state index contributed by atoms with van der Waals surface area (Å²) < 4.78 is 2.00. The molecule has 0 N–H and O–H groups in total. The molecule has 0 bridgehead atoms. The molecule has 1 spiro atoms. The molecule has 0 atom stereocenters. The van der Waals surface area contributed by atoms with Crippen LogP contribution in [-0.2, 0) is 12.0 Å². The van der Waals surface area contributed by atoms with Gasteiger partial charge in [0.05, 0.1) is 5.69 Å². The second-order valence-corrected chi connectivity index (χ2v) is 9.40. The number of urea groups is 1. The Kier molecular flexibility index (Phi) is 5.49. The number of aryl methyl sites for hydroxylation is 1. The van der Waals surface area contributed by atoms with Crippen LogP contribution in [-0.4, -0.2) is 75.1 Å². The minimum Gasteiger partial charge on any atom is -0.332 e. The Morgan fingerprint density at radius 1 is 1.16 bits per heavy atom. The zero-order chi connectivity index (χ0) is 22.3. The maximum atomic E-state index is 13.4. The molecule has 0 saturated carbocycles. The van der Waals surface area contributed by atoms with E-state index in [0.29, 0.717) is 31.9 Å². The molecule has 0 aromatic carbocycles. The smallest absolute Gasteiger partial charge is 0.319 e. The quantitative estimate of drug-likeness (QED) is 0.743. The van der Waals surface area contributed by atoms with E-state index in [1.54, 1.807) is 25.2 Å². The number of amides is 3. The van der Waals surface area contributed by atoms with Crippen LogP contribution in [0, 0.1) is 6.92 Å². The highest BCUT2D eigenvalue weighted by Crippen LogP contribution is 2.41. The van der Waals surface area contributed by atoms with Gasteiger partial charge in [-0.2, -0.15) is 5.10 Å². The van der Waals surface area contributed by atoms with Crippen molar-refractivity contribution in [2.24, 2.45) is 0 Å². The zero-order valence-corrected chi connectivity index (χ0v) is 19.1. The van der Waals surface area contributed by atoms with Crippen LogP contribution >= 0.6 is 0 Å². The fourth-order valence-electron chi connectivity index (χ4n) is 4.72. The molecule has 31 heavy (non-hydrogen) atoms. The average Bonchev–Trinajstić information content (AvgIpc) is 3.19. The Labute approximate surface area is 183 Å². The summed E-state index contributed by atoms with van der Waals surface area (Å²) in [5.41, 5.74) is 3.47. The molecule has 166 valence electrons. The number of carbonyl (C=O) groups excluding carboxylic acids is 2. The number of piperidine rings is 1. The Morgan fingerprint density at radius 2 is 1.87 bits per heavy atom. The number of fused-ring (bicyclic) bond motifs is 2. The van der Waals surface area contributed by atoms with Crippen LogP contribution in [0.3, 0.4) is 0 Å². The first-order valence-corrected chi connectivity index (χ1v) is 11.0. The first-order chi connectivity index (χ1) is 14.7. The summed E-state index contributed by atoms with van der Waals surface area (Å²) in [5.74, 6) is -0.0437. The van der Waals surface area contributed by atoms with Crippen LogP contribution in [0.4, 0.5) is 4.79 Å². The van der Waals surface area contributed by atoms with Crippen molar-refractivity contribution >= 4 is 11.9 Å².